The number of hydrogen-bond donors (Lipinski definition) is 3. The highest BCUT2D eigenvalue weighted by molar-refractivity contribution is 5.96. The third-order valence-corrected chi connectivity index (χ3v) is 6.14. The molecule has 0 saturated heterocycles. The van der Waals surface area contributed by atoms with Crippen molar-refractivity contribution in [2.45, 2.75) is 76.9 Å². The Labute approximate surface area is 199 Å². The van der Waals surface area contributed by atoms with Gasteiger partial charge in [-0.05, 0) is 45.2 Å². The summed E-state index contributed by atoms with van der Waals surface area (Å²) in [6, 6.07) is 7.11. The van der Waals surface area contributed by atoms with E-state index >= 15 is 0 Å². The number of aryl methyl sites for hydroxylation is 1. The number of fused-ring (bicyclic) bond motifs is 1. The molecule has 4 rings (SSSR count). The number of nitrogens with zero attached hydrogens (tertiary/aromatic N) is 3. The standard InChI is InChI=1S/C25H34N6O3/c1-25(2,3)34-24(33)26-19(14-17-15-31(4)20-13-9-8-12-18(17)20)22(32)28-23-27-21(29-30-23)16-10-6-5-7-11-16/h8-9,12-13,15-16,19H,5-7,10-11,14H2,1-4H3,(H,26,33)(H2,27,28,29,30,32)/t19-/m0/s1. The van der Waals surface area contributed by atoms with Gasteiger partial charge in [0.05, 0.1) is 0 Å². The maximum Gasteiger partial charge on any atom is 0.408 e. The lowest BCUT2D eigenvalue weighted by Crippen LogP contribution is -2.47. The van der Waals surface area contributed by atoms with E-state index in [1.54, 1.807) is 20.8 Å². The molecular formula is C25H34N6O3. The number of rotatable bonds is 6. The molecule has 1 aliphatic carbocycles. The summed E-state index contributed by atoms with van der Waals surface area (Å²) in [6.45, 7) is 5.35. The van der Waals surface area contributed by atoms with Crippen molar-refractivity contribution >= 4 is 28.9 Å². The Kier molecular flexibility index (Phi) is 6.90. The van der Waals surface area contributed by atoms with E-state index in [2.05, 4.69) is 25.8 Å². The average Bonchev–Trinajstić information content (AvgIpc) is 3.37. The van der Waals surface area contributed by atoms with Crippen molar-refractivity contribution in [3.63, 3.8) is 0 Å². The summed E-state index contributed by atoms with van der Waals surface area (Å²) >= 11 is 0. The van der Waals surface area contributed by atoms with Crippen molar-refractivity contribution in [3.05, 3.63) is 41.9 Å². The van der Waals surface area contributed by atoms with Crippen LogP contribution in [0.25, 0.3) is 10.9 Å². The van der Waals surface area contributed by atoms with Gasteiger partial charge < -0.3 is 14.6 Å². The fourth-order valence-electron chi connectivity index (χ4n) is 4.55. The molecule has 0 bridgehead atoms. The second kappa shape index (κ2) is 9.87. The number of alkyl carbamates (subject to hydrolysis) is 1. The van der Waals surface area contributed by atoms with Gasteiger partial charge in [-0.1, -0.05) is 37.5 Å². The highest BCUT2D eigenvalue weighted by Gasteiger charge is 2.27. The number of para-hydroxylation sites is 1. The van der Waals surface area contributed by atoms with Crippen LogP contribution in [0.15, 0.2) is 30.5 Å². The first-order valence-electron chi connectivity index (χ1n) is 12.0. The molecule has 1 aromatic carbocycles. The minimum Gasteiger partial charge on any atom is -0.444 e. The van der Waals surface area contributed by atoms with Crippen LogP contribution in [0.2, 0.25) is 0 Å². The van der Waals surface area contributed by atoms with Crippen molar-refractivity contribution < 1.29 is 14.3 Å². The van der Waals surface area contributed by atoms with Gasteiger partial charge >= 0.3 is 6.09 Å². The van der Waals surface area contributed by atoms with Crippen molar-refractivity contribution in [2.75, 3.05) is 5.32 Å². The van der Waals surface area contributed by atoms with Crippen molar-refractivity contribution in [2.24, 2.45) is 7.05 Å². The summed E-state index contributed by atoms with van der Waals surface area (Å²) in [5, 5.41) is 13.7. The zero-order valence-corrected chi connectivity index (χ0v) is 20.4. The van der Waals surface area contributed by atoms with Crippen LogP contribution in [0.3, 0.4) is 0 Å². The van der Waals surface area contributed by atoms with Crippen LogP contribution in [0.5, 0.6) is 0 Å². The first kappa shape index (κ1) is 23.8. The molecule has 0 spiro atoms. The molecule has 1 aliphatic rings. The largest absolute Gasteiger partial charge is 0.444 e. The molecular weight excluding hydrogens is 432 g/mol. The number of amides is 2. The lowest BCUT2D eigenvalue weighted by atomic mass is 9.89. The molecule has 9 nitrogen and oxygen atoms in total. The van der Waals surface area contributed by atoms with E-state index in [-0.39, 0.29) is 5.95 Å². The van der Waals surface area contributed by atoms with E-state index in [1.165, 1.54) is 19.3 Å². The Morgan fingerprint density at radius 1 is 1.21 bits per heavy atom. The van der Waals surface area contributed by atoms with E-state index in [4.69, 9.17) is 4.74 Å². The maximum atomic E-state index is 13.3. The first-order chi connectivity index (χ1) is 16.2. The third-order valence-electron chi connectivity index (χ3n) is 6.14. The Hall–Kier alpha value is -3.36. The van der Waals surface area contributed by atoms with E-state index in [0.717, 1.165) is 35.1 Å². The monoisotopic (exact) mass is 466 g/mol. The number of carbonyl (C=O) groups is 2. The van der Waals surface area contributed by atoms with Crippen LogP contribution < -0.4 is 10.6 Å². The fourth-order valence-corrected chi connectivity index (χ4v) is 4.55. The van der Waals surface area contributed by atoms with Gasteiger partial charge in [0.25, 0.3) is 0 Å². The van der Waals surface area contributed by atoms with E-state index in [0.29, 0.717) is 12.3 Å². The SMILES string of the molecule is Cn1cc(C[C@H](NC(=O)OC(C)(C)C)C(=O)Nc2n[nH]c(C3CCCCC3)n2)c2ccccc21. The van der Waals surface area contributed by atoms with Gasteiger partial charge in [-0.3, -0.25) is 15.2 Å². The molecule has 182 valence electrons. The summed E-state index contributed by atoms with van der Waals surface area (Å²) in [4.78, 5) is 30.3. The summed E-state index contributed by atoms with van der Waals surface area (Å²) in [5.74, 6) is 0.978. The summed E-state index contributed by atoms with van der Waals surface area (Å²) in [7, 11) is 1.96. The first-order valence-corrected chi connectivity index (χ1v) is 12.0. The van der Waals surface area contributed by atoms with E-state index in [9.17, 15) is 9.59 Å². The molecule has 2 heterocycles. The molecule has 9 heteroatoms. The number of nitrogens with one attached hydrogen (secondary N) is 3. The van der Waals surface area contributed by atoms with Crippen LogP contribution in [0, 0.1) is 0 Å². The molecule has 0 unspecified atom stereocenters. The fraction of sp³-hybridized carbons (Fsp3) is 0.520. The van der Waals surface area contributed by atoms with Crippen molar-refractivity contribution in [1.82, 2.24) is 25.1 Å². The zero-order chi connectivity index (χ0) is 24.3. The predicted molar refractivity (Wildman–Crippen MR) is 131 cm³/mol. The average molecular weight is 467 g/mol. The number of ether oxygens (including phenoxy) is 1. The summed E-state index contributed by atoms with van der Waals surface area (Å²) < 4.78 is 7.42. The molecule has 1 saturated carbocycles. The van der Waals surface area contributed by atoms with Gasteiger partial charge in [-0.2, -0.15) is 4.98 Å². The topological polar surface area (TPSA) is 114 Å². The quantitative estimate of drug-likeness (QED) is 0.498. The highest BCUT2D eigenvalue weighted by atomic mass is 16.6. The smallest absolute Gasteiger partial charge is 0.408 e. The van der Waals surface area contributed by atoms with Crippen LogP contribution in [-0.2, 0) is 23.0 Å². The second-order valence-corrected chi connectivity index (χ2v) is 10.1. The normalized spacial score (nSPS) is 15.8. The van der Waals surface area contributed by atoms with Crippen LogP contribution in [0.4, 0.5) is 10.7 Å². The van der Waals surface area contributed by atoms with Gasteiger partial charge in [-0.25, -0.2) is 4.79 Å². The molecule has 1 atom stereocenters. The molecule has 1 fully saturated rings. The number of carbonyl (C=O) groups excluding carboxylic acids is 2. The maximum absolute atomic E-state index is 13.3. The number of aromatic nitrogens is 4. The summed E-state index contributed by atoms with van der Waals surface area (Å²) in [5.41, 5.74) is 1.33. The van der Waals surface area contributed by atoms with Crippen LogP contribution in [0.1, 0.15) is 70.2 Å². The molecule has 3 N–H and O–H groups in total. The molecule has 2 aromatic heterocycles. The van der Waals surface area contributed by atoms with E-state index < -0.39 is 23.6 Å². The highest BCUT2D eigenvalue weighted by Crippen LogP contribution is 2.30. The van der Waals surface area contributed by atoms with Gasteiger partial charge in [0, 0.05) is 36.5 Å². The predicted octanol–water partition coefficient (Wildman–Crippen LogP) is 4.42. The second-order valence-electron chi connectivity index (χ2n) is 10.1. The minimum absolute atomic E-state index is 0.222. The Bertz CT molecular complexity index is 1150. The lowest BCUT2D eigenvalue weighted by Gasteiger charge is -2.23. The number of hydrogen-bond acceptors (Lipinski definition) is 5. The van der Waals surface area contributed by atoms with E-state index in [1.807, 2.05) is 42.1 Å². The third kappa shape index (κ3) is 5.76. The summed E-state index contributed by atoms with van der Waals surface area (Å²) in [6.07, 6.45) is 7.40. The molecule has 0 radical (unpaired) electrons. The van der Waals surface area contributed by atoms with Gasteiger partial charge in [0.2, 0.25) is 11.9 Å². The molecule has 3 aromatic rings. The molecule has 0 aliphatic heterocycles. The Balaban J connectivity index is 1.52. The number of anilines is 1. The van der Waals surface area contributed by atoms with Crippen LogP contribution >= 0.6 is 0 Å². The number of aromatic amines is 1. The Morgan fingerprint density at radius 3 is 2.68 bits per heavy atom. The number of benzene rings is 1. The zero-order valence-electron chi connectivity index (χ0n) is 20.4. The van der Waals surface area contributed by atoms with Crippen molar-refractivity contribution in [3.8, 4) is 0 Å². The molecule has 2 amide bonds. The van der Waals surface area contributed by atoms with Gasteiger partial charge in [-0.15, -0.1) is 5.10 Å². The van der Waals surface area contributed by atoms with Crippen LogP contribution in [-0.4, -0.2) is 43.4 Å². The minimum atomic E-state index is -0.864. The lowest BCUT2D eigenvalue weighted by molar-refractivity contribution is -0.118. The van der Waals surface area contributed by atoms with Gasteiger partial charge in [0.1, 0.15) is 17.5 Å². The van der Waals surface area contributed by atoms with Crippen molar-refractivity contribution in [1.29, 1.82) is 0 Å². The Morgan fingerprint density at radius 2 is 1.94 bits per heavy atom. The number of H-pyrrole nitrogens is 1. The molecule has 34 heavy (non-hydrogen) atoms. The van der Waals surface area contributed by atoms with Gasteiger partial charge in [0.15, 0.2) is 0 Å².